The summed E-state index contributed by atoms with van der Waals surface area (Å²) in [5.74, 6) is 0. The van der Waals surface area contributed by atoms with Crippen LogP contribution in [0.1, 0.15) is 0 Å². The van der Waals surface area contributed by atoms with E-state index in [4.69, 9.17) is 11.8 Å². The SMILES string of the molecule is O=[N+]([O-])c1ccc(S(=O)(=O)[N-]Cl)cc1. The van der Waals surface area contributed by atoms with Gasteiger partial charge in [0.2, 0.25) is 0 Å². The Morgan fingerprint density at radius 2 is 1.79 bits per heavy atom. The van der Waals surface area contributed by atoms with Crippen molar-refractivity contribution in [3.05, 3.63) is 38.6 Å². The minimum Gasteiger partial charge on any atom is -0.458 e. The summed E-state index contributed by atoms with van der Waals surface area (Å²) in [4.78, 5) is 9.43. The van der Waals surface area contributed by atoms with Crippen LogP contribution < -0.4 is 0 Å². The van der Waals surface area contributed by atoms with Gasteiger partial charge in [-0.2, -0.15) is 0 Å². The maximum atomic E-state index is 11.0. The van der Waals surface area contributed by atoms with Gasteiger partial charge in [0, 0.05) is 17.0 Å². The molecule has 0 atom stereocenters. The van der Waals surface area contributed by atoms with E-state index in [1.807, 2.05) is 0 Å². The van der Waals surface area contributed by atoms with Gasteiger partial charge in [-0.05, 0) is 12.1 Å². The van der Waals surface area contributed by atoms with E-state index in [1.54, 1.807) is 0 Å². The molecular weight excluding hydrogens is 232 g/mol. The minimum absolute atomic E-state index is 0.182. The number of hydrogen-bond acceptors (Lipinski definition) is 4. The van der Waals surface area contributed by atoms with Crippen molar-refractivity contribution in [2.24, 2.45) is 0 Å². The summed E-state index contributed by atoms with van der Waals surface area (Å²) in [6, 6.07) is 4.27. The molecule has 6 nitrogen and oxygen atoms in total. The maximum Gasteiger partial charge on any atom is 0.269 e. The number of rotatable bonds is 3. The molecule has 0 aliphatic rings. The predicted molar refractivity (Wildman–Crippen MR) is 49.5 cm³/mol. The molecule has 0 aromatic heterocycles. The molecule has 0 aliphatic heterocycles. The highest BCUT2D eigenvalue weighted by atomic mass is 35.5. The van der Waals surface area contributed by atoms with Crippen LogP contribution in [0.25, 0.3) is 4.24 Å². The molecule has 0 saturated heterocycles. The van der Waals surface area contributed by atoms with Crippen molar-refractivity contribution in [3.63, 3.8) is 0 Å². The quantitative estimate of drug-likeness (QED) is 0.590. The Balaban J connectivity index is 3.12. The number of nitro benzene ring substituents is 1. The molecule has 0 aliphatic carbocycles. The van der Waals surface area contributed by atoms with Crippen LogP contribution in [0.3, 0.4) is 0 Å². The highest BCUT2D eigenvalue weighted by Gasteiger charge is 2.07. The van der Waals surface area contributed by atoms with Gasteiger partial charge in [-0.1, -0.05) is 0 Å². The maximum absolute atomic E-state index is 11.0. The summed E-state index contributed by atoms with van der Waals surface area (Å²) in [5.41, 5.74) is -0.196. The topological polar surface area (TPSA) is 91.4 Å². The van der Waals surface area contributed by atoms with Gasteiger partial charge in [0.1, 0.15) is 10.0 Å². The van der Waals surface area contributed by atoms with E-state index >= 15 is 0 Å². The molecule has 0 unspecified atom stereocenters. The summed E-state index contributed by atoms with van der Waals surface area (Å²) in [5, 5.41) is 10.2. The number of nitro groups is 1. The molecule has 1 rings (SSSR count). The summed E-state index contributed by atoms with van der Waals surface area (Å²) in [6.07, 6.45) is 0. The van der Waals surface area contributed by atoms with Crippen LogP contribution in [-0.4, -0.2) is 13.3 Å². The second-order valence-electron chi connectivity index (χ2n) is 2.30. The average Bonchev–Trinajstić information content (AvgIpc) is 2.18. The zero-order chi connectivity index (χ0) is 10.8. The van der Waals surface area contributed by atoms with Crippen LogP contribution in [0.5, 0.6) is 0 Å². The first-order valence-corrected chi connectivity index (χ1v) is 5.08. The Labute approximate surface area is 84.8 Å². The van der Waals surface area contributed by atoms with Gasteiger partial charge >= 0.3 is 0 Å². The first-order chi connectivity index (χ1) is 6.47. The largest absolute Gasteiger partial charge is 0.458 e. The molecule has 0 heterocycles. The van der Waals surface area contributed by atoms with E-state index in [-0.39, 0.29) is 10.6 Å². The third kappa shape index (κ3) is 2.19. The molecule has 8 heteroatoms. The fourth-order valence-corrected chi connectivity index (χ4v) is 1.58. The van der Waals surface area contributed by atoms with Crippen molar-refractivity contribution >= 4 is 27.5 Å². The number of hydrogen-bond donors (Lipinski definition) is 0. The van der Waals surface area contributed by atoms with Gasteiger partial charge in [-0.25, -0.2) is 8.42 Å². The van der Waals surface area contributed by atoms with Crippen LogP contribution in [0.15, 0.2) is 29.2 Å². The lowest BCUT2D eigenvalue weighted by molar-refractivity contribution is -0.384. The van der Waals surface area contributed by atoms with E-state index in [2.05, 4.69) is 4.24 Å². The highest BCUT2D eigenvalue weighted by Crippen LogP contribution is 2.21. The number of nitrogens with zero attached hydrogens (tertiary/aromatic N) is 2. The van der Waals surface area contributed by atoms with E-state index < -0.39 is 14.9 Å². The van der Waals surface area contributed by atoms with E-state index in [0.717, 1.165) is 24.3 Å². The molecule has 0 fully saturated rings. The van der Waals surface area contributed by atoms with Crippen LogP contribution >= 0.6 is 11.8 Å². The fourth-order valence-electron chi connectivity index (χ4n) is 0.780. The fraction of sp³-hybridized carbons (Fsp3) is 0. The molecule has 0 N–H and O–H groups in total. The van der Waals surface area contributed by atoms with Crippen molar-refractivity contribution in [2.75, 3.05) is 0 Å². The van der Waals surface area contributed by atoms with Crippen LogP contribution in [0.4, 0.5) is 5.69 Å². The van der Waals surface area contributed by atoms with Gasteiger partial charge < -0.3 is 4.24 Å². The third-order valence-electron chi connectivity index (χ3n) is 1.44. The molecular formula is C6H4ClN2O4S-. The summed E-state index contributed by atoms with van der Waals surface area (Å²) in [7, 11) is -3.87. The minimum atomic E-state index is -3.87. The number of non-ortho nitro benzene ring substituents is 1. The second kappa shape index (κ2) is 3.91. The molecule has 1 aromatic rings. The Morgan fingerprint density at radius 1 is 1.29 bits per heavy atom. The molecule has 0 bridgehead atoms. The standard InChI is InChI=1S/C6H4ClN2O4S/c7-8-14(12,13)6-3-1-5(2-4-6)9(10)11/h1-4H/q-1. The predicted octanol–water partition coefficient (Wildman–Crippen LogP) is 1.81. The zero-order valence-corrected chi connectivity index (χ0v) is 8.20. The van der Waals surface area contributed by atoms with Crippen LogP contribution in [0, 0.1) is 10.1 Å². The summed E-state index contributed by atoms with van der Waals surface area (Å²) < 4.78 is 24.7. The first kappa shape index (κ1) is 10.9. The Bertz CT molecular complexity index is 441. The number of halogens is 1. The van der Waals surface area contributed by atoms with Gasteiger partial charge in [0.15, 0.2) is 0 Å². The van der Waals surface area contributed by atoms with Crippen molar-refractivity contribution in [3.8, 4) is 0 Å². The first-order valence-electron chi connectivity index (χ1n) is 3.30. The molecule has 0 radical (unpaired) electrons. The molecule has 76 valence electrons. The molecule has 0 spiro atoms. The Morgan fingerprint density at radius 3 is 2.14 bits per heavy atom. The molecule has 1 aromatic carbocycles. The lowest BCUT2D eigenvalue weighted by Gasteiger charge is -2.10. The van der Waals surface area contributed by atoms with Gasteiger partial charge in [0.25, 0.3) is 5.69 Å². The highest BCUT2D eigenvalue weighted by molar-refractivity contribution is 7.95. The van der Waals surface area contributed by atoms with Crippen molar-refractivity contribution in [1.29, 1.82) is 0 Å². The average molecular weight is 236 g/mol. The van der Waals surface area contributed by atoms with Gasteiger partial charge in [0.05, 0.1) is 4.92 Å². The number of benzene rings is 1. The second-order valence-corrected chi connectivity index (χ2v) is 4.27. The van der Waals surface area contributed by atoms with E-state index in [0.29, 0.717) is 0 Å². The smallest absolute Gasteiger partial charge is 0.269 e. The molecule has 14 heavy (non-hydrogen) atoms. The normalized spacial score (nSPS) is 11.2. The molecule has 0 saturated carbocycles. The lowest BCUT2D eigenvalue weighted by atomic mass is 10.3. The van der Waals surface area contributed by atoms with Gasteiger partial charge in [-0.3, -0.25) is 21.9 Å². The zero-order valence-electron chi connectivity index (χ0n) is 6.62. The lowest BCUT2D eigenvalue weighted by Crippen LogP contribution is -1.96. The van der Waals surface area contributed by atoms with Crippen molar-refractivity contribution < 1.29 is 13.3 Å². The van der Waals surface area contributed by atoms with Gasteiger partial charge in [-0.15, -0.1) is 0 Å². The monoisotopic (exact) mass is 235 g/mol. The summed E-state index contributed by atoms with van der Waals surface area (Å²) in [6.45, 7) is 0. The Kier molecular flexibility index (Phi) is 3.04. The third-order valence-corrected chi connectivity index (χ3v) is 3.03. The number of sulfonamides is 1. The van der Waals surface area contributed by atoms with Crippen molar-refractivity contribution in [2.45, 2.75) is 4.90 Å². The van der Waals surface area contributed by atoms with Crippen LogP contribution in [-0.2, 0) is 10.0 Å². The van der Waals surface area contributed by atoms with E-state index in [1.165, 1.54) is 0 Å². The van der Waals surface area contributed by atoms with E-state index in [9.17, 15) is 18.5 Å². The van der Waals surface area contributed by atoms with Crippen molar-refractivity contribution in [1.82, 2.24) is 0 Å². The van der Waals surface area contributed by atoms with Crippen LogP contribution in [0.2, 0.25) is 0 Å². The summed E-state index contributed by atoms with van der Waals surface area (Å²) >= 11 is 4.83. The molecule has 0 amide bonds. The Hall–Kier alpha value is -1.18.